The lowest BCUT2D eigenvalue weighted by Crippen LogP contribution is -2.50. The first-order valence-electron chi connectivity index (χ1n) is 10.6. The number of amides is 1. The lowest BCUT2D eigenvalue weighted by Gasteiger charge is -2.39. The summed E-state index contributed by atoms with van der Waals surface area (Å²) in [6.07, 6.45) is 0.286. The fourth-order valence-corrected chi connectivity index (χ4v) is 4.37. The van der Waals surface area contributed by atoms with E-state index in [-0.39, 0.29) is 29.6 Å². The third-order valence-corrected chi connectivity index (χ3v) is 6.28. The average molecular weight is 489 g/mol. The van der Waals surface area contributed by atoms with Crippen molar-refractivity contribution in [3.8, 4) is 0 Å². The van der Waals surface area contributed by atoms with Crippen molar-refractivity contribution in [2.45, 2.75) is 19.4 Å². The fourth-order valence-electron chi connectivity index (χ4n) is 4.12. The Kier molecular flexibility index (Phi) is 6.97. The van der Waals surface area contributed by atoms with E-state index in [1.807, 2.05) is 48.5 Å². The van der Waals surface area contributed by atoms with Crippen LogP contribution in [0.15, 0.2) is 53.1 Å². The number of benzene rings is 2. The van der Waals surface area contributed by atoms with Crippen LogP contribution in [-0.2, 0) is 6.42 Å². The molecule has 1 amide bonds. The standard InChI is InChI=1S/C23H22Cl2N4O4/c1-2-19-22(29(31)32)20(26-33-19)23(30)28-13-11-27(12-14-28)21(15-3-7-17(24)8-4-15)16-5-9-18(25)10-6-16/h3-10,21H,2,11-14H2,1H3. The van der Waals surface area contributed by atoms with Gasteiger partial charge in [0, 0.05) is 42.6 Å². The summed E-state index contributed by atoms with van der Waals surface area (Å²) in [5.74, 6) is -0.383. The molecule has 33 heavy (non-hydrogen) atoms. The van der Waals surface area contributed by atoms with Gasteiger partial charge in [0.05, 0.1) is 11.0 Å². The summed E-state index contributed by atoms with van der Waals surface area (Å²) in [6, 6.07) is 15.3. The van der Waals surface area contributed by atoms with E-state index in [4.69, 9.17) is 27.7 Å². The molecule has 1 fully saturated rings. The minimum atomic E-state index is -0.601. The highest BCUT2D eigenvalue weighted by Crippen LogP contribution is 2.32. The zero-order chi connectivity index (χ0) is 23.5. The molecule has 1 aliphatic rings. The van der Waals surface area contributed by atoms with Gasteiger partial charge in [-0.1, -0.05) is 59.5 Å². The minimum Gasteiger partial charge on any atom is -0.353 e. The first kappa shape index (κ1) is 23.2. The molecule has 1 saturated heterocycles. The number of carbonyl (C=O) groups excluding carboxylic acids is 1. The van der Waals surface area contributed by atoms with Gasteiger partial charge < -0.3 is 9.42 Å². The van der Waals surface area contributed by atoms with Gasteiger partial charge in [0.25, 0.3) is 5.91 Å². The maximum absolute atomic E-state index is 13.0. The van der Waals surface area contributed by atoms with Gasteiger partial charge in [-0.3, -0.25) is 19.8 Å². The highest BCUT2D eigenvalue weighted by Gasteiger charge is 2.35. The van der Waals surface area contributed by atoms with Gasteiger partial charge in [0.2, 0.25) is 11.5 Å². The van der Waals surface area contributed by atoms with Crippen LogP contribution in [0.2, 0.25) is 10.0 Å². The monoisotopic (exact) mass is 488 g/mol. The minimum absolute atomic E-state index is 0.0511. The van der Waals surface area contributed by atoms with Crippen LogP contribution in [0.3, 0.4) is 0 Å². The molecule has 0 bridgehead atoms. The predicted octanol–water partition coefficient (Wildman–Crippen LogP) is 5.00. The molecule has 0 unspecified atom stereocenters. The van der Waals surface area contributed by atoms with Crippen LogP contribution in [0, 0.1) is 10.1 Å². The smallest absolute Gasteiger partial charge is 0.344 e. The number of aryl methyl sites for hydroxylation is 1. The molecule has 8 nitrogen and oxygen atoms in total. The summed E-state index contributed by atoms with van der Waals surface area (Å²) in [4.78, 5) is 27.7. The zero-order valence-electron chi connectivity index (χ0n) is 17.9. The molecule has 0 aliphatic carbocycles. The highest BCUT2D eigenvalue weighted by molar-refractivity contribution is 6.30. The molecule has 0 N–H and O–H groups in total. The van der Waals surface area contributed by atoms with Crippen LogP contribution in [-0.4, -0.2) is 52.0 Å². The van der Waals surface area contributed by atoms with Crippen LogP contribution < -0.4 is 0 Å². The fraction of sp³-hybridized carbons (Fsp3) is 0.304. The number of halogens is 2. The molecule has 0 radical (unpaired) electrons. The number of piperazine rings is 1. The van der Waals surface area contributed by atoms with Crippen molar-refractivity contribution in [3.63, 3.8) is 0 Å². The molecule has 2 aromatic carbocycles. The second kappa shape index (κ2) is 9.91. The molecular formula is C23H22Cl2N4O4. The second-order valence-corrected chi connectivity index (χ2v) is 8.62. The Balaban J connectivity index is 1.55. The molecule has 172 valence electrons. The van der Waals surface area contributed by atoms with Crippen LogP contribution in [0.5, 0.6) is 0 Å². The number of aromatic nitrogens is 1. The quantitative estimate of drug-likeness (QED) is 0.358. The van der Waals surface area contributed by atoms with Crippen LogP contribution in [0.4, 0.5) is 5.69 Å². The Bertz CT molecular complexity index is 1090. The van der Waals surface area contributed by atoms with E-state index >= 15 is 0 Å². The Morgan fingerprint density at radius 3 is 2.00 bits per heavy atom. The molecule has 0 atom stereocenters. The van der Waals surface area contributed by atoms with E-state index in [1.165, 1.54) is 0 Å². The second-order valence-electron chi connectivity index (χ2n) is 7.75. The highest BCUT2D eigenvalue weighted by atomic mass is 35.5. The summed E-state index contributed by atoms with van der Waals surface area (Å²) in [6.45, 7) is 3.68. The number of nitro groups is 1. The summed E-state index contributed by atoms with van der Waals surface area (Å²) in [7, 11) is 0. The van der Waals surface area contributed by atoms with Gasteiger partial charge >= 0.3 is 5.69 Å². The van der Waals surface area contributed by atoms with Gasteiger partial charge in [-0.2, -0.15) is 0 Å². The number of rotatable bonds is 6. The van der Waals surface area contributed by atoms with Gasteiger partial charge in [-0.05, 0) is 35.4 Å². The summed E-state index contributed by atoms with van der Waals surface area (Å²) >= 11 is 12.2. The van der Waals surface area contributed by atoms with Crippen LogP contribution in [0.25, 0.3) is 0 Å². The third-order valence-electron chi connectivity index (χ3n) is 5.78. The summed E-state index contributed by atoms with van der Waals surface area (Å²) in [5.41, 5.74) is 1.56. The van der Waals surface area contributed by atoms with Crippen molar-refractivity contribution >= 4 is 34.8 Å². The molecule has 1 aliphatic heterocycles. The lowest BCUT2D eigenvalue weighted by molar-refractivity contribution is -0.386. The van der Waals surface area contributed by atoms with Gasteiger partial charge in [0.1, 0.15) is 0 Å². The van der Waals surface area contributed by atoms with Gasteiger partial charge in [-0.15, -0.1) is 0 Å². The Labute approximate surface area is 200 Å². The van der Waals surface area contributed by atoms with Gasteiger partial charge in [0.15, 0.2) is 0 Å². The average Bonchev–Trinajstić information content (AvgIpc) is 3.26. The largest absolute Gasteiger partial charge is 0.353 e. The Morgan fingerprint density at radius 1 is 1.03 bits per heavy atom. The van der Waals surface area contributed by atoms with E-state index in [2.05, 4.69) is 10.1 Å². The molecule has 4 rings (SSSR count). The van der Waals surface area contributed by atoms with Gasteiger partial charge in [-0.25, -0.2) is 0 Å². The van der Waals surface area contributed by atoms with Crippen molar-refractivity contribution in [1.29, 1.82) is 0 Å². The SMILES string of the molecule is CCc1onc(C(=O)N2CCN(C(c3ccc(Cl)cc3)c3ccc(Cl)cc3)CC2)c1[N+](=O)[O-]. The maximum Gasteiger partial charge on any atom is 0.344 e. The Hall–Kier alpha value is -2.94. The van der Waals surface area contributed by atoms with E-state index in [0.717, 1.165) is 11.1 Å². The number of hydrogen-bond acceptors (Lipinski definition) is 6. The van der Waals surface area contributed by atoms with Crippen molar-refractivity contribution < 1.29 is 14.2 Å². The first-order valence-corrected chi connectivity index (χ1v) is 11.3. The van der Waals surface area contributed by atoms with Crippen molar-refractivity contribution in [2.24, 2.45) is 0 Å². The number of hydrogen-bond donors (Lipinski definition) is 0. The summed E-state index contributed by atoms with van der Waals surface area (Å²) < 4.78 is 5.04. The Morgan fingerprint density at radius 2 is 1.55 bits per heavy atom. The van der Waals surface area contributed by atoms with E-state index in [0.29, 0.717) is 36.2 Å². The normalized spacial score (nSPS) is 14.6. The maximum atomic E-state index is 13.0. The van der Waals surface area contributed by atoms with Crippen molar-refractivity contribution in [3.05, 3.63) is 91.3 Å². The van der Waals surface area contributed by atoms with Crippen molar-refractivity contribution in [1.82, 2.24) is 15.0 Å². The molecule has 10 heteroatoms. The molecule has 1 aromatic heterocycles. The van der Waals surface area contributed by atoms with Crippen LogP contribution >= 0.6 is 23.2 Å². The van der Waals surface area contributed by atoms with E-state index in [9.17, 15) is 14.9 Å². The summed E-state index contributed by atoms with van der Waals surface area (Å²) in [5, 5.41) is 16.5. The topological polar surface area (TPSA) is 92.7 Å². The molecule has 0 spiro atoms. The molecule has 3 aromatic rings. The van der Waals surface area contributed by atoms with E-state index < -0.39 is 10.8 Å². The molecular weight excluding hydrogens is 467 g/mol. The van der Waals surface area contributed by atoms with Crippen LogP contribution in [0.1, 0.15) is 40.3 Å². The van der Waals surface area contributed by atoms with Crippen molar-refractivity contribution in [2.75, 3.05) is 26.2 Å². The third kappa shape index (κ3) is 4.88. The molecule has 0 saturated carbocycles. The number of carbonyl (C=O) groups is 1. The first-order chi connectivity index (χ1) is 15.9. The molecule has 2 heterocycles. The predicted molar refractivity (Wildman–Crippen MR) is 125 cm³/mol. The zero-order valence-corrected chi connectivity index (χ0v) is 19.4. The van der Waals surface area contributed by atoms with E-state index in [1.54, 1.807) is 11.8 Å². The number of nitrogens with zero attached hydrogens (tertiary/aromatic N) is 4. The lowest BCUT2D eigenvalue weighted by atomic mass is 9.96.